The van der Waals surface area contributed by atoms with Gasteiger partial charge in [0.1, 0.15) is 5.52 Å². The van der Waals surface area contributed by atoms with Crippen molar-refractivity contribution in [3.05, 3.63) is 17.8 Å². The molecule has 1 saturated heterocycles. The van der Waals surface area contributed by atoms with Gasteiger partial charge in [-0.3, -0.25) is 4.79 Å². The number of piperidine rings is 1. The van der Waals surface area contributed by atoms with E-state index < -0.39 is 0 Å². The number of amides is 1. The van der Waals surface area contributed by atoms with Crippen LogP contribution in [0.15, 0.2) is 12.3 Å². The number of carbonyl (C=O) groups excluding carboxylic acids is 1. The van der Waals surface area contributed by atoms with Gasteiger partial charge in [-0.25, -0.2) is 9.67 Å². The van der Waals surface area contributed by atoms with E-state index in [-0.39, 0.29) is 5.91 Å². The topological polar surface area (TPSA) is 70.4 Å². The van der Waals surface area contributed by atoms with Gasteiger partial charge >= 0.3 is 0 Å². The molecular formula is C17H27N7O. The van der Waals surface area contributed by atoms with Crippen molar-refractivity contribution in [2.45, 2.75) is 18.9 Å². The highest BCUT2D eigenvalue weighted by Crippen LogP contribution is 2.18. The second kappa shape index (κ2) is 7.45. The first-order valence-corrected chi connectivity index (χ1v) is 8.75. The van der Waals surface area contributed by atoms with Gasteiger partial charge in [0.15, 0.2) is 5.65 Å². The van der Waals surface area contributed by atoms with Gasteiger partial charge in [-0.15, -0.1) is 5.10 Å². The van der Waals surface area contributed by atoms with Gasteiger partial charge in [0.05, 0.1) is 5.56 Å². The molecule has 0 spiro atoms. The number of likely N-dealkylation sites (tertiary alicyclic amines) is 1. The summed E-state index contributed by atoms with van der Waals surface area (Å²) in [7, 11) is 8.11. The van der Waals surface area contributed by atoms with Gasteiger partial charge in [-0.2, -0.15) is 0 Å². The Morgan fingerprint density at radius 1 is 1.32 bits per heavy atom. The van der Waals surface area contributed by atoms with Crippen molar-refractivity contribution in [3.63, 3.8) is 0 Å². The van der Waals surface area contributed by atoms with Crippen LogP contribution in [0, 0.1) is 0 Å². The van der Waals surface area contributed by atoms with Crippen LogP contribution in [0.5, 0.6) is 0 Å². The molecule has 1 atom stereocenters. The molecule has 0 radical (unpaired) electrons. The number of carbonyl (C=O) groups is 1. The Morgan fingerprint density at radius 3 is 2.88 bits per heavy atom. The standard InChI is InChI=1S/C17H27N7O/c1-21(2)8-9-22(3)14-6-5-7-24(12-14)17(25)13-10-15-16(18-11-13)23(4)20-19-15/h10-11,14H,5-9,12H2,1-4H3. The fraction of sp³-hybridized carbons (Fsp3) is 0.647. The molecule has 2 aromatic rings. The third kappa shape index (κ3) is 3.96. The summed E-state index contributed by atoms with van der Waals surface area (Å²) in [6, 6.07) is 2.20. The van der Waals surface area contributed by atoms with E-state index in [9.17, 15) is 4.79 Å². The van der Waals surface area contributed by atoms with E-state index in [1.807, 2.05) is 4.90 Å². The molecule has 1 aliphatic heterocycles. The highest BCUT2D eigenvalue weighted by atomic mass is 16.2. The summed E-state index contributed by atoms with van der Waals surface area (Å²) in [5.74, 6) is 0.0331. The zero-order chi connectivity index (χ0) is 18.0. The second-order valence-corrected chi connectivity index (χ2v) is 7.11. The number of fused-ring (bicyclic) bond motifs is 1. The minimum atomic E-state index is 0.0331. The lowest BCUT2D eigenvalue weighted by atomic mass is 10.0. The normalized spacial score (nSPS) is 18.5. The Balaban J connectivity index is 1.68. The smallest absolute Gasteiger partial charge is 0.255 e. The molecule has 1 fully saturated rings. The minimum Gasteiger partial charge on any atom is -0.337 e. The number of aromatic nitrogens is 4. The van der Waals surface area contributed by atoms with Gasteiger partial charge in [-0.05, 0) is 40.1 Å². The first-order chi connectivity index (χ1) is 12.0. The van der Waals surface area contributed by atoms with E-state index in [2.05, 4.69) is 46.2 Å². The number of likely N-dealkylation sites (N-methyl/N-ethyl adjacent to an activating group) is 2. The number of hydrogen-bond donors (Lipinski definition) is 0. The Morgan fingerprint density at radius 2 is 2.12 bits per heavy atom. The van der Waals surface area contributed by atoms with Gasteiger partial charge in [0.25, 0.3) is 5.91 Å². The predicted molar refractivity (Wildman–Crippen MR) is 96.4 cm³/mol. The van der Waals surface area contributed by atoms with Crippen LogP contribution >= 0.6 is 0 Å². The quantitative estimate of drug-likeness (QED) is 0.784. The molecular weight excluding hydrogens is 318 g/mol. The van der Waals surface area contributed by atoms with Crippen molar-refractivity contribution in [1.29, 1.82) is 0 Å². The average molecular weight is 345 g/mol. The third-order valence-electron chi connectivity index (χ3n) is 4.89. The van der Waals surface area contributed by atoms with Crippen molar-refractivity contribution in [2.75, 3.05) is 47.3 Å². The fourth-order valence-corrected chi connectivity index (χ4v) is 3.27. The minimum absolute atomic E-state index is 0.0331. The molecule has 2 aromatic heterocycles. The summed E-state index contributed by atoms with van der Waals surface area (Å²) in [6.07, 6.45) is 3.80. The predicted octanol–water partition coefficient (Wildman–Crippen LogP) is 0.461. The maximum Gasteiger partial charge on any atom is 0.255 e. The fourth-order valence-electron chi connectivity index (χ4n) is 3.27. The Hall–Kier alpha value is -2.06. The zero-order valence-electron chi connectivity index (χ0n) is 15.5. The maximum atomic E-state index is 12.9. The molecule has 0 aromatic carbocycles. The molecule has 3 rings (SSSR count). The lowest BCUT2D eigenvalue weighted by Gasteiger charge is -2.38. The molecule has 136 valence electrons. The van der Waals surface area contributed by atoms with Crippen molar-refractivity contribution in [3.8, 4) is 0 Å². The highest BCUT2D eigenvalue weighted by molar-refractivity contribution is 5.96. The summed E-state index contributed by atoms with van der Waals surface area (Å²) in [5, 5.41) is 8.00. The largest absolute Gasteiger partial charge is 0.337 e. The van der Waals surface area contributed by atoms with Crippen LogP contribution in [0.25, 0.3) is 11.2 Å². The van der Waals surface area contributed by atoms with E-state index in [1.165, 1.54) is 0 Å². The molecule has 25 heavy (non-hydrogen) atoms. The molecule has 0 N–H and O–H groups in total. The molecule has 3 heterocycles. The summed E-state index contributed by atoms with van der Waals surface area (Å²) in [5.41, 5.74) is 1.94. The van der Waals surface area contributed by atoms with Crippen molar-refractivity contribution >= 4 is 17.1 Å². The third-order valence-corrected chi connectivity index (χ3v) is 4.89. The number of nitrogens with zero attached hydrogens (tertiary/aromatic N) is 7. The molecule has 8 nitrogen and oxygen atoms in total. The molecule has 1 aliphatic rings. The number of aryl methyl sites for hydroxylation is 1. The molecule has 8 heteroatoms. The first-order valence-electron chi connectivity index (χ1n) is 8.75. The molecule has 1 amide bonds. The number of hydrogen-bond acceptors (Lipinski definition) is 6. The number of pyridine rings is 1. The van der Waals surface area contributed by atoms with Crippen LogP contribution in [0.1, 0.15) is 23.2 Å². The second-order valence-electron chi connectivity index (χ2n) is 7.11. The highest BCUT2D eigenvalue weighted by Gasteiger charge is 2.27. The molecule has 0 bridgehead atoms. The Bertz CT molecular complexity index is 742. The van der Waals surface area contributed by atoms with Crippen LogP contribution in [-0.4, -0.2) is 93.9 Å². The van der Waals surface area contributed by atoms with Gasteiger partial charge in [0.2, 0.25) is 0 Å². The SMILES string of the molecule is CN(C)CCN(C)C1CCCN(C(=O)c2cnc3c(c2)nnn3C)C1. The van der Waals surface area contributed by atoms with Crippen LogP contribution in [-0.2, 0) is 7.05 Å². The van der Waals surface area contributed by atoms with E-state index in [1.54, 1.807) is 24.0 Å². The van der Waals surface area contributed by atoms with Crippen LogP contribution in [0.3, 0.4) is 0 Å². The molecule has 0 aliphatic carbocycles. The van der Waals surface area contributed by atoms with Crippen molar-refractivity contribution in [1.82, 2.24) is 34.7 Å². The van der Waals surface area contributed by atoms with Crippen LogP contribution in [0.2, 0.25) is 0 Å². The maximum absolute atomic E-state index is 12.9. The zero-order valence-corrected chi connectivity index (χ0v) is 15.5. The van der Waals surface area contributed by atoms with Gasteiger partial charge in [0, 0.05) is 45.5 Å². The molecule has 0 saturated carbocycles. The molecule has 1 unspecified atom stereocenters. The Kier molecular flexibility index (Phi) is 5.29. The van der Waals surface area contributed by atoms with Gasteiger partial charge < -0.3 is 14.7 Å². The van der Waals surface area contributed by atoms with Gasteiger partial charge in [-0.1, -0.05) is 5.21 Å². The summed E-state index contributed by atoms with van der Waals surface area (Å²) in [6.45, 7) is 3.59. The lowest BCUT2D eigenvalue weighted by molar-refractivity contribution is 0.0603. The number of rotatable bonds is 5. The Labute approximate surface area is 148 Å². The van der Waals surface area contributed by atoms with E-state index in [0.29, 0.717) is 22.8 Å². The summed E-state index contributed by atoms with van der Waals surface area (Å²) >= 11 is 0. The monoisotopic (exact) mass is 345 g/mol. The van der Waals surface area contributed by atoms with Crippen molar-refractivity contribution < 1.29 is 4.79 Å². The van der Waals surface area contributed by atoms with E-state index in [4.69, 9.17) is 0 Å². The lowest BCUT2D eigenvalue weighted by Crippen LogP contribution is -2.49. The summed E-state index contributed by atoms with van der Waals surface area (Å²) in [4.78, 5) is 23.7. The average Bonchev–Trinajstić information content (AvgIpc) is 2.99. The van der Waals surface area contributed by atoms with E-state index in [0.717, 1.165) is 39.0 Å². The van der Waals surface area contributed by atoms with Crippen LogP contribution < -0.4 is 0 Å². The van der Waals surface area contributed by atoms with Crippen molar-refractivity contribution in [2.24, 2.45) is 7.05 Å². The summed E-state index contributed by atoms with van der Waals surface area (Å²) < 4.78 is 1.61. The first kappa shape index (κ1) is 17.8. The van der Waals surface area contributed by atoms with Crippen LogP contribution in [0.4, 0.5) is 0 Å². The van der Waals surface area contributed by atoms with E-state index >= 15 is 0 Å².